The second-order valence-corrected chi connectivity index (χ2v) is 7.15. The van der Waals surface area contributed by atoms with Crippen LogP contribution in [0.1, 0.15) is 24.0 Å². The summed E-state index contributed by atoms with van der Waals surface area (Å²) in [6.45, 7) is 3.74. The van der Waals surface area contributed by atoms with Crippen molar-refractivity contribution < 1.29 is 4.79 Å². The first kappa shape index (κ1) is 18.6. The van der Waals surface area contributed by atoms with Crippen molar-refractivity contribution in [3.05, 3.63) is 71.8 Å². The first-order valence-electron chi connectivity index (χ1n) is 9.54. The van der Waals surface area contributed by atoms with Crippen molar-refractivity contribution in [2.24, 2.45) is 5.73 Å². The summed E-state index contributed by atoms with van der Waals surface area (Å²) in [6.07, 6.45) is 2.84. The van der Waals surface area contributed by atoms with Gasteiger partial charge in [0, 0.05) is 32.2 Å². The molecule has 0 unspecified atom stereocenters. The average Bonchev–Trinajstić information content (AvgIpc) is 2.68. The molecule has 1 fully saturated rings. The predicted octanol–water partition coefficient (Wildman–Crippen LogP) is 2.68. The molecule has 0 atom stereocenters. The Labute approximate surface area is 156 Å². The van der Waals surface area contributed by atoms with Crippen LogP contribution in [0, 0.1) is 0 Å². The number of likely N-dealkylation sites (tertiary alicyclic amines) is 1. The lowest BCUT2D eigenvalue weighted by atomic mass is 10.1. The van der Waals surface area contributed by atoms with Crippen LogP contribution in [0.3, 0.4) is 0 Å². The molecule has 1 amide bonds. The number of benzene rings is 2. The van der Waals surface area contributed by atoms with Crippen molar-refractivity contribution >= 4 is 5.91 Å². The van der Waals surface area contributed by atoms with E-state index in [2.05, 4.69) is 41.3 Å². The van der Waals surface area contributed by atoms with E-state index < -0.39 is 0 Å². The molecule has 3 rings (SSSR count). The molecule has 0 aromatic heterocycles. The Kier molecular flexibility index (Phi) is 6.81. The van der Waals surface area contributed by atoms with Crippen molar-refractivity contribution in [2.45, 2.75) is 31.8 Å². The zero-order valence-corrected chi connectivity index (χ0v) is 15.4. The van der Waals surface area contributed by atoms with Gasteiger partial charge in [-0.2, -0.15) is 0 Å². The number of hydrogen-bond donors (Lipinski definition) is 1. The summed E-state index contributed by atoms with van der Waals surface area (Å²) in [6, 6.07) is 20.9. The molecule has 1 heterocycles. The van der Waals surface area contributed by atoms with Crippen LogP contribution in [0.25, 0.3) is 0 Å². The highest BCUT2D eigenvalue weighted by molar-refractivity contribution is 5.78. The van der Waals surface area contributed by atoms with Gasteiger partial charge in [-0.25, -0.2) is 0 Å². The monoisotopic (exact) mass is 351 g/mol. The Morgan fingerprint density at radius 3 is 2.15 bits per heavy atom. The topological polar surface area (TPSA) is 49.6 Å². The van der Waals surface area contributed by atoms with Crippen LogP contribution in [0.15, 0.2) is 60.7 Å². The summed E-state index contributed by atoms with van der Waals surface area (Å²) < 4.78 is 0. The van der Waals surface area contributed by atoms with Crippen molar-refractivity contribution in [2.75, 3.05) is 26.2 Å². The second kappa shape index (κ2) is 9.51. The van der Waals surface area contributed by atoms with E-state index in [-0.39, 0.29) is 5.91 Å². The van der Waals surface area contributed by atoms with Gasteiger partial charge in [-0.3, -0.25) is 9.69 Å². The van der Waals surface area contributed by atoms with E-state index in [1.165, 1.54) is 11.1 Å². The quantitative estimate of drug-likeness (QED) is 0.834. The number of rotatable bonds is 7. The van der Waals surface area contributed by atoms with E-state index in [0.717, 1.165) is 38.9 Å². The molecule has 0 spiro atoms. The molecule has 2 aromatic carbocycles. The summed E-state index contributed by atoms with van der Waals surface area (Å²) in [5.41, 5.74) is 8.42. The van der Waals surface area contributed by atoms with Crippen LogP contribution < -0.4 is 5.73 Å². The number of nitrogens with zero attached hydrogens (tertiary/aromatic N) is 2. The Morgan fingerprint density at radius 1 is 0.962 bits per heavy atom. The lowest BCUT2D eigenvalue weighted by Crippen LogP contribution is -2.46. The summed E-state index contributed by atoms with van der Waals surface area (Å²) >= 11 is 0. The highest BCUT2D eigenvalue weighted by Gasteiger charge is 2.21. The van der Waals surface area contributed by atoms with Gasteiger partial charge in [0.15, 0.2) is 0 Å². The van der Waals surface area contributed by atoms with Crippen LogP contribution in [0.4, 0.5) is 0 Å². The highest BCUT2D eigenvalue weighted by atomic mass is 16.2. The summed E-state index contributed by atoms with van der Waals surface area (Å²) in [4.78, 5) is 17.2. The molecule has 4 heteroatoms. The van der Waals surface area contributed by atoms with Gasteiger partial charge in [-0.05, 0) is 30.4 Å². The van der Waals surface area contributed by atoms with Gasteiger partial charge in [0.25, 0.3) is 0 Å². The van der Waals surface area contributed by atoms with E-state index >= 15 is 0 Å². The molecule has 2 aromatic rings. The molecular formula is C22H29N3O. The molecular weight excluding hydrogens is 322 g/mol. The Balaban J connectivity index is 1.62. The number of amides is 1. The van der Waals surface area contributed by atoms with Crippen molar-refractivity contribution in [1.29, 1.82) is 0 Å². The Morgan fingerprint density at radius 2 is 1.54 bits per heavy atom. The lowest BCUT2D eigenvalue weighted by molar-refractivity contribution is -0.133. The van der Waals surface area contributed by atoms with E-state index in [0.29, 0.717) is 19.1 Å². The average molecular weight is 351 g/mol. The molecule has 2 N–H and O–H groups in total. The predicted molar refractivity (Wildman–Crippen MR) is 106 cm³/mol. The van der Waals surface area contributed by atoms with Crippen LogP contribution >= 0.6 is 0 Å². The molecule has 0 radical (unpaired) electrons. The molecule has 0 bridgehead atoms. The first-order valence-corrected chi connectivity index (χ1v) is 9.54. The molecule has 1 saturated heterocycles. The van der Waals surface area contributed by atoms with Crippen molar-refractivity contribution in [3.8, 4) is 0 Å². The zero-order chi connectivity index (χ0) is 18.2. The highest BCUT2D eigenvalue weighted by Crippen LogP contribution is 2.11. The van der Waals surface area contributed by atoms with E-state index in [4.69, 9.17) is 5.73 Å². The van der Waals surface area contributed by atoms with E-state index in [9.17, 15) is 4.79 Å². The molecule has 26 heavy (non-hydrogen) atoms. The minimum Gasteiger partial charge on any atom is -0.337 e. The fourth-order valence-corrected chi connectivity index (χ4v) is 3.41. The van der Waals surface area contributed by atoms with Gasteiger partial charge >= 0.3 is 0 Å². The smallest absolute Gasteiger partial charge is 0.237 e. The third-order valence-corrected chi connectivity index (χ3v) is 5.07. The number of carbonyl (C=O) groups excluding carboxylic acids is 1. The number of nitrogens with two attached hydrogens (primary N) is 1. The van der Waals surface area contributed by atoms with Gasteiger partial charge < -0.3 is 10.6 Å². The summed E-state index contributed by atoms with van der Waals surface area (Å²) in [7, 11) is 0. The Hall–Kier alpha value is -2.17. The largest absolute Gasteiger partial charge is 0.337 e. The van der Waals surface area contributed by atoms with Crippen LogP contribution in [0.5, 0.6) is 0 Å². The van der Waals surface area contributed by atoms with Crippen LogP contribution in [-0.4, -0.2) is 47.9 Å². The minimum absolute atomic E-state index is 0.209. The third-order valence-electron chi connectivity index (χ3n) is 5.07. The third kappa shape index (κ3) is 5.68. The molecule has 138 valence electrons. The minimum atomic E-state index is 0.209. The SMILES string of the molecule is NC1CCN(CC(=O)N(CCc2ccccc2)Cc2ccccc2)CC1. The number of piperidine rings is 1. The van der Waals surface area contributed by atoms with E-state index in [1.807, 2.05) is 29.2 Å². The molecule has 4 nitrogen and oxygen atoms in total. The van der Waals surface area contributed by atoms with E-state index in [1.54, 1.807) is 0 Å². The molecule has 1 aliphatic rings. The van der Waals surface area contributed by atoms with Gasteiger partial charge in [0.2, 0.25) is 5.91 Å². The number of carbonyl (C=O) groups is 1. The Bertz CT molecular complexity index is 666. The summed E-state index contributed by atoms with van der Waals surface area (Å²) in [5, 5.41) is 0. The fraction of sp³-hybridized carbons (Fsp3) is 0.409. The van der Waals surface area contributed by atoms with Crippen molar-refractivity contribution in [1.82, 2.24) is 9.80 Å². The standard InChI is InChI=1S/C22H29N3O/c23-21-12-14-24(15-13-21)18-22(26)25(17-20-9-5-2-6-10-20)16-11-19-7-3-1-4-8-19/h1-10,21H,11-18,23H2. The lowest BCUT2D eigenvalue weighted by Gasteiger charge is -2.32. The van der Waals surface area contributed by atoms with Crippen LogP contribution in [0.2, 0.25) is 0 Å². The second-order valence-electron chi connectivity index (χ2n) is 7.15. The van der Waals surface area contributed by atoms with Gasteiger partial charge in [0.1, 0.15) is 0 Å². The van der Waals surface area contributed by atoms with Crippen LogP contribution in [-0.2, 0) is 17.8 Å². The van der Waals surface area contributed by atoms with Gasteiger partial charge in [-0.15, -0.1) is 0 Å². The van der Waals surface area contributed by atoms with Gasteiger partial charge in [0.05, 0.1) is 6.54 Å². The maximum absolute atomic E-state index is 13.0. The maximum Gasteiger partial charge on any atom is 0.237 e. The molecule has 0 saturated carbocycles. The zero-order valence-electron chi connectivity index (χ0n) is 15.4. The van der Waals surface area contributed by atoms with Crippen molar-refractivity contribution in [3.63, 3.8) is 0 Å². The summed E-state index contributed by atoms with van der Waals surface area (Å²) in [5.74, 6) is 0.209. The normalized spacial score (nSPS) is 15.7. The maximum atomic E-state index is 13.0. The fourth-order valence-electron chi connectivity index (χ4n) is 3.41. The van der Waals surface area contributed by atoms with Gasteiger partial charge in [-0.1, -0.05) is 60.7 Å². The number of hydrogen-bond acceptors (Lipinski definition) is 3. The molecule has 0 aliphatic carbocycles. The first-order chi connectivity index (χ1) is 12.7. The molecule has 1 aliphatic heterocycles.